The molecule has 0 saturated carbocycles. The molecule has 3 nitrogen and oxygen atoms in total. The molecule has 0 bridgehead atoms. The summed E-state index contributed by atoms with van der Waals surface area (Å²) in [5.74, 6) is 0. The molecule has 16 heavy (non-hydrogen) atoms. The van der Waals surface area contributed by atoms with Crippen LogP contribution in [0, 0.1) is 6.92 Å². The number of hydrogen-bond acceptors (Lipinski definition) is 3. The van der Waals surface area contributed by atoms with Gasteiger partial charge in [0.1, 0.15) is 0 Å². The quantitative estimate of drug-likeness (QED) is 0.753. The largest absolute Gasteiger partial charge is 0.351 e. The molecule has 1 atom stereocenters. The van der Waals surface area contributed by atoms with Crippen molar-refractivity contribution in [3.8, 4) is 0 Å². The number of nitrogens with two attached hydrogens (primary N) is 1. The molecule has 0 fully saturated rings. The molecule has 1 aromatic carbocycles. The molecule has 3 heteroatoms. The Hall–Kier alpha value is -0.900. The van der Waals surface area contributed by atoms with Gasteiger partial charge >= 0.3 is 0 Å². The van der Waals surface area contributed by atoms with Crippen molar-refractivity contribution in [2.24, 2.45) is 5.73 Å². The summed E-state index contributed by atoms with van der Waals surface area (Å²) in [6, 6.07) is 7.89. The van der Waals surface area contributed by atoms with Crippen LogP contribution in [-0.4, -0.2) is 19.5 Å². The van der Waals surface area contributed by atoms with Gasteiger partial charge in [0.25, 0.3) is 0 Å². The van der Waals surface area contributed by atoms with Crippen molar-refractivity contribution >= 4 is 0 Å². The third-order valence-corrected chi connectivity index (χ3v) is 2.42. The maximum absolute atomic E-state index is 6.11. The maximum atomic E-state index is 6.11. The third-order valence-electron chi connectivity index (χ3n) is 2.42. The van der Waals surface area contributed by atoms with E-state index in [1.54, 1.807) is 0 Å². The predicted molar refractivity (Wildman–Crippen MR) is 65.1 cm³/mol. The molecule has 1 aromatic rings. The summed E-state index contributed by atoms with van der Waals surface area (Å²) in [4.78, 5) is 0. The van der Waals surface area contributed by atoms with E-state index in [9.17, 15) is 0 Å². The maximum Gasteiger partial charge on any atom is 0.176 e. The molecule has 0 aliphatic rings. The lowest BCUT2D eigenvalue weighted by atomic mass is 10.1. The number of benzene rings is 1. The number of rotatable bonds is 6. The summed E-state index contributed by atoms with van der Waals surface area (Å²) in [5.41, 5.74) is 8.37. The minimum atomic E-state index is -0.363. The Morgan fingerprint density at radius 3 is 2.00 bits per heavy atom. The van der Waals surface area contributed by atoms with Crippen molar-refractivity contribution < 1.29 is 9.47 Å². The van der Waals surface area contributed by atoms with Crippen LogP contribution < -0.4 is 5.73 Å². The fourth-order valence-corrected chi connectivity index (χ4v) is 1.53. The zero-order chi connectivity index (χ0) is 12.0. The van der Waals surface area contributed by atoms with Crippen molar-refractivity contribution in [2.45, 2.75) is 33.1 Å². The van der Waals surface area contributed by atoms with Crippen LogP contribution >= 0.6 is 0 Å². The smallest absolute Gasteiger partial charge is 0.176 e. The van der Waals surface area contributed by atoms with Crippen molar-refractivity contribution in [1.82, 2.24) is 0 Å². The number of hydrogen-bond donors (Lipinski definition) is 1. The van der Waals surface area contributed by atoms with Gasteiger partial charge in [-0.05, 0) is 26.3 Å². The lowest BCUT2D eigenvalue weighted by molar-refractivity contribution is -0.149. The molecule has 2 N–H and O–H groups in total. The van der Waals surface area contributed by atoms with E-state index in [1.165, 1.54) is 5.56 Å². The average molecular weight is 223 g/mol. The third kappa shape index (κ3) is 3.59. The van der Waals surface area contributed by atoms with E-state index in [-0.39, 0.29) is 12.3 Å². The van der Waals surface area contributed by atoms with Gasteiger partial charge in [-0.25, -0.2) is 0 Å². The fraction of sp³-hybridized carbons (Fsp3) is 0.538. The molecular weight excluding hydrogens is 202 g/mol. The Balaban J connectivity index is 2.72. The number of aryl methyl sites for hydroxylation is 1. The Bertz CT molecular complexity index is 291. The Morgan fingerprint density at radius 1 is 1.06 bits per heavy atom. The average Bonchev–Trinajstić information content (AvgIpc) is 2.29. The monoisotopic (exact) mass is 223 g/mol. The molecular formula is C13H21NO2. The highest BCUT2D eigenvalue weighted by Gasteiger charge is 2.19. The minimum absolute atomic E-state index is 0.236. The van der Waals surface area contributed by atoms with Crippen LogP contribution in [-0.2, 0) is 9.47 Å². The molecule has 0 radical (unpaired) electrons. The van der Waals surface area contributed by atoms with Crippen LogP contribution in [0.1, 0.15) is 31.0 Å². The Morgan fingerprint density at radius 2 is 1.56 bits per heavy atom. The van der Waals surface area contributed by atoms with E-state index in [0.29, 0.717) is 13.2 Å². The summed E-state index contributed by atoms with van der Waals surface area (Å²) in [6.45, 7) is 7.13. The van der Waals surface area contributed by atoms with Gasteiger partial charge in [-0.1, -0.05) is 29.8 Å². The summed E-state index contributed by atoms with van der Waals surface area (Å²) < 4.78 is 11.0. The summed E-state index contributed by atoms with van der Waals surface area (Å²) in [7, 11) is 0. The topological polar surface area (TPSA) is 44.5 Å². The zero-order valence-corrected chi connectivity index (χ0v) is 10.3. The Labute approximate surface area is 97.6 Å². The summed E-state index contributed by atoms with van der Waals surface area (Å²) in [6.07, 6.45) is -0.363. The van der Waals surface area contributed by atoms with Crippen LogP contribution in [0.5, 0.6) is 0 Å². The van der Waals surface area contributed by atoms with Crippen LogP contribution in [0.4, 0.5) is 0 Å². The first kappa shape index (κ1) is 13.2. The molecule has 0 unspecified atom stereocenters. The predicted octanol–water partition coefficient (Wildman–Crippen LogP) is 2.39. The molecule has 0 spiro atoms. The molecule has 1 rings (SSSR count). The van der Waals surface area contributed by atoms with Crippen LogP contribution in [0.2, 0.25) is 0 Å². The minimum Gasteiger partial charge on any atom is -0.351 e. The zero-order valence-electron chi connectivity index (χ0n) is 10.3. The first-order chi connectivity index (χ1) is 7.69. The lowest BCUT2D eigenvalue weighted by Crippen LogP contribution is -2.31. The second-order valence-electron chi connectivity index (χ2n) is 3.72. The van der Waals surface area contributed by atoms with Crippen LogP contribution in [0.15, 0.2) is 24.3 Å². The van der Waals surface area contributed by atoms with E-state index in [4.69, 9.17) is 15.2 Å². The van der Waals surface area contributed by atoms with E-state index >= 15 is 0 Å². The fourth-order valence-electron chi connectivity index (χ4n) is 1.53. The molecule has 0 aromatic heterocycles. The Kier molecular flexibility index (Phi) is 5.46. The molecule has 0 amide bonds. The summed E-state index contributed by atoms with van der Waals surface area (Å²) >= 11 is 0. The van der Waals surface area contributed by atoms with Gasteiger partial charge in [0, 0.05) is 13.2 Å². The van der Waals surface area contributed by atoms with Gasteiger partial charge in [-0.3, -0.25) is 0 Å². The molecule has 0 aliphatic carbocycles. The van der Waals surface area contributed by atoms with Gasteiger partial charge < -0.3 is 15.2 Å². The van der Waals surface area contributed by atoms with Gasteiger partial charge in [-0.2, -0.15) is 0 Å². The molecule has 0 aliphatic heterocycles. The van der Waals surface area contributed by atoms with Crippen molar-refractivity contribution in [2.75, 3.05) is 13.2 Å². The summed E-state index contributed by atoms with van der Waals surface area (Å²) in [5, 5.41) is 0. The van der Waals surface area contributed by atoms with E-state index in [1.807, 2.05) is 38.1 Å². The first-order valence-corrected chi connectivity index (χ1v) is 5.74. The SMILES string of the molecule is CCOC(OCC)[C@@H](N)c1ccc(C)cc1. The second kappa shape index (κ2) is 6.63. The lowest BCUT2D eigenvalue weighted by Gasteiger charge is -2.23. The highest BCUT2D eigenvalue weighted by Crippen LogP contribution is 2.18. The second-order valence-corrected chi connectivity index (χ2v) is 3.72. The van der Waals surface area contributed by atoms with Gasteiger partial charge in [-0.15, -0.1) is 0 Å². The van der Waals surface area contributed by atoms with Crippen LogP contribution in [0.25, 0.3) is 0 Å². The van der Waals surface area contributed by atoms with E-state index < -0.39 is 0 Å². The van der Waals surface area contributed by atoms with E-state index in [0.717, 1.165) is 5.56 Å². The normalized spacial score (nSPS) is 13.1. The number of ether oxygens (including phenoxy) is 2. The first-order valence-electron chi connectivity index (χ1n) is 5.74. The molecule has 0 heterocycles. The molecule has 90 valence electrons. The molecule has 0 saturated heterocycles. The van der Waals surface area contributed by atoms with Gasteiger partial charge in [0.15, 0.2) is 6.29 Å². The van der Waals surface area contributed by atoms with Crippen molar-refractivity contribution in [3.63, 3.8) is 0 Å². The standard InChI is InChI=1S/C13H21NO2/c1-4-15-13(16-5-2)12(14)11-8-6-10(3)7-9-11/h6-9,12-13H,4-5,14H2,1-3H3/t12-/m0/s1. The highest BCUT2D eigenvalue weighted by molar-refractivity contribution is 5.24. The highest BCUT2D eigenvalue weighted by atomic mass is 16.7. The van der Waals surface area contributed by atoms with Crippen molar-refractivity contribution in [1.29, 1.82) is 0 Å². The van der Waals surface area contributed by atoms with Gasteiger partial charge in [0.2, 0.25) is 0 Å². The van der Waals surface area contributed by atoms with Gasteiger partial charge in [0.05, 0.1) is 6.04 Å². The van der Waals surface area contributed by atoms with Crippen LogP contribution in [0.3, 0.4) is 0 Å². The van der Waals surface area contributed by atoms with E-state index in [2.05, 4.69) is 6.92 Å². The van der Waals surface area contributed by atoms with Crippen molar-refractivity contribution in [3.05, 3.63) is 35.4 Å².